The van der Waals surface area contributed by atoms with E-state index in [1.165, 1.54) is 18.3 Å². The fourth-order valence-corrected chi connectivity index (χ4v) is 2.84. The van der Waals surface area contributed by atoms with Gasteiger partial charge in [0.05, 0.1) is 10.6 Å². The van der Waals surface area contributed by atoms with Crippen LogP contribution in [0.25, 0.3) is 11.4 Å². The Kier molecular flexibility index (Phi) is 5.14. The van der Waals surface area contributed by atoms with Gasteiger partial charge in [-0.25, -0.2) is 4.98 Å². The van der Waals surface area contributed by atoms with Crippen molar-refractivity contribution in [3.63, 3.8) is 0 Å². The molecular weight excluding hydrogens is 391 g/mol. The van der Waals surface area contributed by atoms with Crippen LogP contribution in [0.2, 0.25) is 5.02 Å². The SMILES string of the molecule is O=C(Nc1n[nH]c(-c2ccccc2Cl)n1)c1cccnc1SC(F)(F)F. The molecule has 2 heterocycles. The minimum atomic E-state index is -4.56. The molecular formula is C15H9ClF3N5OS. The molecule has 0 unspecified atom stereocenters. The zero-order chi connectivity index (χ0) is 18.7. The summed E-state index contributed by atoms with van der Waals surface area (Å²) in [4.78, 5) is 20.0. The molecule has 0 aliphatic carbocycles. The molecule has 6 nitrogen and oxygen atoms in total. The van der Waals surface area contributed by atoms with Crippen LogP contribution in [-0.4, -0.2) is 31.6 Å². The number of aromatic nitrogens is 4. The third kappa shape index (κ3) is 4.33. The van der Waals surface area contributed by atoms with Gasteiger partial charge >= 0.3 is 5.51 Å². The predicted octanol–water partition coefficient (Wildman–Crippen LogP) is 4.38. The van der Waals surface area contributed by atoms with E-state index in [1.807, 2.05) is 0 Å². The van der Waals surface area contributed by atoms with Crippen LogP contribution in [0.4, 0.5) is 19.1 Å². The summed E-state index contributed by atoms with van der Waals surface area (Å²) in [5.41, 5.74) is -4.23. The maximum absolute atomic E-state index is 12.6. The van der Waals surface area contributed by atoms with Gasteiger partial charge in [-0.3, -0.25) is 15.2 Å². The number of nitrogens with one attached hydrogen (secondary N) is 2. The summed E-state index contributed by atoms with van der Waals surface area (Å²) in [5.74, 6) is -0.603. The first-order valence-corrected chi connectivity index (χ1v) is 8.22. The zero-order valence-electron chi connectivity index (χ0n) is 12.7. The highest BCUT2D eigenvalue weighted by Crippen LogP contribution is 2.37. The Labute approximate surface area is 154 Å². The maximum atomic E-state index is 12.6. The van der Waals surface area contributed by atoms with Gasteiger partial charge in [0.1, 0.15) is 5.03 Å². The van der Waals surface area contributed by atoms with E-state index in [1.54, 1.807) is 24.3 Å². The van der Waals surface area contributed by atoms with Crippen molar-refractivity contribution >= 4 is 35.2 Å². The average molecular weight is 400 g/mol. The Bertz CT molecular complexity index is 947. The molecule has 26 heavy (non-hydrogen) atoms. The molecule has 1 aromatic carbocycles. The number of nitrogens with zero attached hydrogens (tertiary/aromatic N) is 3. The van der Waals surface area contributed by atoms with E-state index in [0.717, 1.165) is 0 Å². The fourth-order valence-electron chi connectivity index (χ4n) is 2.01. The summed E-state index contributed by atoms with van der Waals surface area (Å²) in [6, 6.07) is 9.45. The molecule has 2 N–H and O–H groups in total. The fraction of sp³-hybridized carbons (Fsp3) is 0.0667. The summed E-state index contributed by atoms with van der Waals surface area (Å²) in [5, 5.41) is 8.75. The first kappa shape index (κ1) is 18.2. The lowest BCUT2D eigenvalue weighted by atomic mass is 10.2. The van der Waals surface area contributed by atoms with Crippen molar-refractivity contribution in [3.05, 3.63) is 53.2 Å². The van der Waals surface area contributed by atoms with Gasteiger partial charge in [0, 0.05) is 23.5 Å². The Balaban J connectivity index is 1.81. The van der Waals surface area contributed by atoms with Gasteiger partial charge in [-0.1, -0.05) is 23.7 Å². The standard InChI is InChI=1S/C15H9ClF3N5OS/c16-10-6-2-1-4-8(10)11-21-14(24-23-11)22-12(25)9-5-3-7-20-13(9)26-15(17,18)19/h1-7H,(H2,21,22,23,24,25). The lowest BCUT2D eigenvalue weighted by Crippen LogP contribution is -2.15. The van der Waals surface area contributed by atoms with Crippen molar-refractivity contribution < 1.29 is 18.0 Å². The van der Waals surface area contributed by atoms with Crippen LogP contribution in [-0.2, 0) is 0 Å². The normalized spacial score (nSPS) is 11.4. The number of hydrogen-bond acceptors (Lipinski definition) is 5. The topological polar surface area (TPSA) is 83.6 Å². The molecule has 0 aliphatic heterocycles. The average Bonchev–Trinajstić information content (AvgIpc) is 3.02. The molecule has 0 atom stereocenters. The second kappa shape index (κ2) is 7.34. The van der Waals surface area contributed by atoms with Crippen molar-refractivity contribution in [2.75, 3.05) is 5.32 Å². The van der Waals surface area contributed by atoms with E-state index in [2.05, 4.69) is 25.5 Å². The number of benzene rings is 1. The second-order valence-corrected chi connectivity index (χ2v) is 6.31. The van der Waals surface area contributed by atoms with E-state index in [-0.39, 0.29) is 11.5 Å². The summed E-state index contributed by atoms with van der Waals surface area (Å²) in [7, 11) is 0. The van der Waals surface area contributed by atoms with E-state index < -0.39 is 28.2 Å². The van der Waals surface area contributed by atoms with Gasteiger partial charge < -0.3 is 0 Å². The van der Waals surface area contributed by atoms with Crippen molar-refractivity contribution in [1.82, 2.24) is 20.2 Å². The van der Waals surface area contributed by atoms with Gasteiger partial charge in [-0.05, 0) is 24.3 Å². The Morgan fingerprint density at radius 3 is 2.69 bits per heavy atom. The largest absolute Gasteiger partial charge is 0.447 e. The lowest BCUT2D eigenvalue weighted by Gasteiger charge is -2.08. The van der Waals surface area contributed by atoms with Crippen molar-refractivity contribution in [1.29, 1.82) is 0 Å². The third-order valence-corrected chi connectivity index (χ3v) is 4.15. The van der Waals surface area contributed by atoms with Crippen LogP contribution >= 0.6 is 23.4 Å². The summed E-state index contributed by atoms with van der Waals surface area (Å²) < 4.78 is 37.8. The van der Waals surface area contributed by atoms with Crippen LogP contribution < -0.4 is 5.32 Å². The first-order chi connectivity index (χ1) is 12.3. The molecule has 0 spiro atoms. The summed E-state index contributed by atoms with van der Waals surface area (Å²) in [6.45, 7) is 0. The number of rotatable bonds is 4. The van der Waals surface area contributed by atoms with E-state index in [0.29, 0.717) is 16.4 Å². The van der Waals surface area contributed by atoms with Gasteiger partial charge in [-0.2, -0.15) is 18.2 Å². The minimum absolute atomic E-state index is 0.100. The Hall–Kier alpha value is -2.59. The number of pyridine rings is 1. The number of carbonyl (C=O) groups excluding carboxylic acids is 1. The molecule has 0 fully saturated rings. The molecule has 3 rings (SSSR count). The Morgan fingerprint density at radius 2 is 1.96 bits per heavy atom. The number of halogens is 4. The highest BCUT2D eigenvalue weighted by molar-refractivity contribution is 8.00. The molecule has 134 valence electrons. The van der Waals surface area contributed by atoms with Crippen molar-refractivity contribution in [2.24, 2.45) is 0 Å². The van der Waals surface area contributed by atoms with Gasteiger partial charge in [-0.15, -0.1) is 5.10 Å². The quantitative estimate of drug-likeness (QED) is 0.636. The van der Waals surface area contributed by atoms with Crippen LogP contribution in [0.5, 0.6) is 0 Å². The number of aromatic amines is 1. The zero-order valence-corrected chi connectivity index (χ0v) is 14.3. The number of hydrogen-bond donors (Lipinski definition) is 2. The monoisotopic (exact) mass is 399 g/mol. The molecule has 0 saturated heterocycles. The minimum Gasteiger partial charge on any atom is -0.289 e. The van der Waals surface area contributed by atoms with Gasteiger partial charge in [0.25, 0.3) is 5.91 Å². The number of H-pyrrole nitrogens is 1. The number of carbonyl (C=O) groups is 1. The Morgan fingerprint density at radius 1 is 1.19 bits per heavy atom. The molecule has 2 aromatic heterocycles. The summed E-state index contributed by atoms with van der Waals surface area (Å²) >= 11 is 5.59. The molecule has 3 aromatic rings. The van der Waals surface area contributed by atoms with Crippen LogP contribution in [0.15, 0.2) is 47.6 Å². The molecule has 1 amide bonds. The summed E-state index contributed by atoms with van der Waals surface area (Å²) in [6.07, 6.45) is 1.17. The van der Waals surface area contributed by atoms with Crippen molar-refractivity contribution in [3.8, 4) is 11.4 Å². The molecule has 0 aliphatic rings. The maximum Gasteiger partial charge on any atom is 0.447 e. The van der Waals surface area contributed by atoms with Crippen molar-refractivity contribution in [2.45, 2.75) is 10.5 Å². The van der Waals surface area contributed by atoms with Gasteiger partial charge in [0.2, 0.25) is 5.95 Å². The second-order valence-electron chi connectivity index (χ2n) is 4.85. The number of thioether (sulfide) groups is 1. The van der Waals surface area contributed by atoms with E-state index in [4.69, 9.17) is 11.6 Å². The highest BCUT2D eigenvalue weighted by Gasteiger charge is 2.32. The molecule has 0 radical (unpaired) electrons. The smallest absolute Gasteiger partial charge is 0.289 e. The van der Waals surface area contributed by atoms with Crippen LogP contribution in [0, 0.1) is 0 Å². The van der Waals surface area contributed by atoms with Gasteiger partial charge in [0.15, 0.2) is 5.82 Å². The lowest BCUT2D eigenvalue weighted by molar-refractivity contribution is -0.0329. The van der Waals surface area contributed by atoms with Crippen LogP contribution in [0.3, 0.4) is 0 Å². The molecule has 11 heteroatoms. The van der Waals surface area contributed by atoms with Crippen LogP contribution in [0.1, 0.15) is 10.4 Å². The number of amides is 1. The number of alkyl halides is 3. The molecule has 0 saturated carbocycles. The predicted molar refractivity (Wildman–Crippen MR) is 90.9 cm³/mol. The highest BCUT2D eigenvalue weighted by atomic mass is 35.5. The van der Waals surface area contributed by atoms with E-state index >= 15 is 0 Å². The first-order valence-electron chi connectivity index (χ1n) is 7.03. The number of anilines is 1. The molecule has 0 bridgehead atoms. The van der Waals surface area contributed by atoms with E-state index in [9.17, 15) is 18.0 Å². The third-order valence-electron chi connectivity index (χ3n) is 3.07.